The van der Waals surface area contributed by atoms with Crippen LogP contribution in [0, 0.1) is 5.92 Å². The Kier molecular flexibility index (Phi) is 5.68. The van der Waals surface area contributed by atoms with E-state index in [-0.39, 0.29) is 6.61 Å². The second-order valence-corrected chi connectivity index (χ2v) is 5.39. The molecule has 20 heavy (non-hydrogen) atoms. The van der Waals surface area contributed by atoms with E-state index in [1.807, 2.05) is 0 Å². The second-order valence-electron chi connectivity index (χ2n) is 5.39. The lowest BCUT2D eigenvalue weighted by Gasteiger charge is -2.23. The van der Waals surface area contributed by atoms with Gasteiger partial charge in [-0.15, -0.1) is 0 Å². The van der Waals surface area contributed by atoms with E-state index in [1.165, 1.54) is 12.8 Å². The van der Waals surface area contributed by atoms with Gasteiger partial charge in [0.05, 0.1) is 19.3 Å². The van der Waals surface area contributed by atoms with Gasteiger partial charge in [-0.3, -0.25) is 0 Å². The van der Waals surface area contributed by atoms with Crippen molar-refractivity contribution in [2.24, 2.45) is 5.92 Å². The third-order valence-corrected chi connectivity index (χ3v) is 3.87. The van der Waals surface area contributed by atoms with Crippen LogP contribution < -0.4 is 10.2 Å². The van der Waals surface area contributed by atoms with E-state index in [0.717, 1.165) is 30.4 Å². The summed E-state index contributed by atoms with van der Waals surface area (Å²) in [5.74, 6) is 0.760. The highest BCUT2D eigenvalue weighted by molar-refractivity contribution is 5.55. The second kappa shape index (κ2) is 7.50. The smallest absolute Gasteiger partial charge is 0.0666 e. The quantitative estimate of drug-likeness (QED) is 0.728. The fourth-order valence-electron chi connectivity index (χ4n) is 2.55. The minimum Gasteiger partial charge on any atom is -0.395 e. The van der Waals surface area contributed by atoms with Gasteiger partial charge in [0.25, 0.3) is 0 Å². The first kappa shape index (κ1) is 15.1. The number of aliphatic hydroxyl groups excluding tert-OH is 1. The van der Waals surface area contributed by atoms with Crippen LogP contribution in [-0.2, 0) is 4.74 Å². The summed E-state index contributed by atoms with van der Waals surface area (Å²) in [6, 6.07) is 8.86. The van der Waals surface area contributed by atoms with Crippen molar-refractivity contribution in [2.75, 3.05) is 43.6 Å². The summed E-state index contributed by atoms with van der Waals surface area (Å²) in [4.78, 5) is 2.16. The number of aliphatic hydroxyl groups is 1. The Labute approximate surface area is 121 Å². The largest absolute Gasteiger partial charge is 0.395 e. The van der Waals surface area contributed by atoms with Crippen LogP contribution in [0.1, 0.15) is 19.8 Å². The molecule has 2 N–H and O–H groups in total. The third-order valence-electron chi connectivity index (χ3n) is 3.87. The summed E-state index contributed by atoms with van der Waals surface area (Å²) in [6.07, 6.45) is 2.61. The van der Waals surface area contributed by atoms with Crippen molar-refractivity contribution in [3.05, 3.63) is 24.3 Å². The predicted octanol–water partition coefficient (Wildman–Crippen LogP) is 2.34. The molecule has 0 spiro atoms. The van der Waals surface area contributed by atoms with Gasteiger partial charge in [-0.2, -0.15) is 0 Å². The standard InChI is InChI=1S/C16H26N2O2/c1-3-18(10-11-19)15-8-6-14(7-9-15)17-16(12-20-2)13-4-5-13/h6-9,13,16-17,19H,3-5,10-12H2,1-2H3. The molecule has 1 aliphatic carbocycles. The van der Waals surface area contributed by atoms with E-state index in [1.54, 1.807) is 7.11 Å². The Morgan fingerprint density at radius 1 is 1.35 bits per heavy atom. The van der Waals surface area contributed by atoms with E-state index in [9.17, 15) is 0 Å². The number of nitrogens with zero attached hydrogens (tertiary/aromatic N) is 1. The molecular formula is C16H26N2O2. The molecule has 0 bridgehead atoms. The molecular weight excluding hydrogens is 252 g/mol. The number of methoxy groups -OCH3 is 1. The van der Waals surface area contributed by atoms with Gasteiger partial charge < -0.3 is 20.1 Å². The van der Waals surface area contributed by atoms with Crippen LogP contribution >= 0.6 is 0 Å². The number of likely N-dealkylation sites (N-methyl/N-ethyl adjacent to an activating group) is 1. The fourth-order valence-corrected chi connectivity index (χ4v) is 2.55. The number of ether oxygens (including phenoxy) is 1. The number of hydrogen-bond acceptors (Lipinski definition) is 4. The van der Waals surface area contributed by atoms with Crippen LogP contribution in [-0.4, -0.2) is 44.6 Å². The Morgan fingerprint density at radius 3 is 2.55 bits per heavy atom. The van der Waals surface area contributed by atoms with Crippen LogP contribution in [0.3, 0.4) is 0 Å². The van der Waals surface area contributed by atoms with Gasteiger partial charge in [-0.05, 0) is 49.9 Å². The van der Waals surface area contributed by atoms with Gasteiger partial charge in [0.1, 0.15) is 0 Å². The van der Waals surface area contributed by atoms with Crippen molar-refractivity contribution in [1.82, 2.24) is 0 Å². The summed E-state index contributed by atoms with van der Waals surface area (Å²) in [6.45, 7) is 4.63. The van der Waals surface area contributed by atoms with Crippen molar-refractivity contribution in [1.29, 1.82) is 0 Å². The molecule has 0 heterocycles. The van der Waals surface area contributed by atoms with E-state index in [2.05, 4.69) is 41.4 Å². The fraction of sp³-hybridized carbons (Fsp3) is 0.625. The van der Waals surface area contributed by atoms with E-state index < -0.39 is 0 Å². The normalized spacial score (nSPS) is 15.9. The van der Waals surface area contributed by atoms with Crippen molar-refractivity contribution >= 4 is 11.4 Å². The SMILES string of the molecule is CCN(CCO)c1ccc(NC(COC)C2CC2)cc1. The van der Waals surface area contributed by atoms with E-state index in [4.69, 9.17) is 9.84 Å². The number of rotatable bonds is 9. The van der Waals surface area contributed by atoms with Crippen molar-refractivity contribution in [2.45, 2.75) is 25.8 Å². The lowest BCUT2D eigenvalue weighted by Crippen LogP contribution is -2.27. The predicted molar refractivity (Wildman–Crippen MR) is 83.4 cm³/mol. The van der Waals surface area contributed by atoms with Gasteiger partial charge in [-0.1, -0.05) is 0 Å². The molecule has 4 heteroatoms. The first-order valence-electron chi connectivity index (χ1n) is 7.49. The summed E-state index contributed by atoms with van der Waals surface area (Å²) in [5, 5.41) is 12.6. The summed E-state index contributed by atoms with van der Waals surface area (Å²) >= 11 is 0. The van der Waals surface area contributed by atoms with Crippen LogP contribution in [0.2, 0.25) is 0 Å². The molecule has 0 saturated heterocycles. The third kappa shape index (κ3) is 4.12. The molecule has 112 valence electrons. The lowest BCUT2D eigenvalue weighted by atomic mass is 10.1. The van der Waals surface area contributed by atoms with Crippen molar-refractivity contribution in [3.8, 4) is 0 Å². The Morgan fingerprint density at radius 2 is 2.05 bits per heavy atom. The average Bonchev–Trinajstić information content (AvgIpc) is 3.30. The Bertz CT molecular complexity index is 390. The molecule has 1 saturated carbocycles. The zero-order valence-corrected chi connectivity index (χ0v) is 12.5. The highest BCUT2D eigenvalue weighted by Gasteiger charge is 2.31. The van der Waals surface area contributed by atoms with Crippen LogP contribution in [0.4, 0.5) is 11.4 Å². The molecule has 0 radical (unpaired) electrons. The molecule has 0 amide bonds. The maximum atomic E-state index is 9.06. The minimum absolute atomic E-state index is 0.186. The molecule has 1 aliphatic rings. The zero-order chi connectivity index (χ0) is 14.4. The summed E-state index contributed by atoms with van der Waals surface area (Å²) < 4.78 is 5.29. The molecule has 1 aromatic carbocycles. The van der Waals surface area contributed by atoms with Gasteiger partial charge in [0.15, 0.2) is 0 Å². The average molecular weight is 278 g/mol. The zero-order valence-electron chi connectivity index (χ0n) is 12.5. The molecule has 2 rings (SSSR count). The van der Waals surface area contributed by atoms with Gasteiger partial charge >= 0.3 is 0 Å². The maximum absolute atomic E-state index is 9.06. The minimum atomic E-state index is 0.186. The summed E-state index contributed by atoms with van der Waals surface area (Å²) in [5.41, 5.74) is 2.30. The van der Waals surface area contributed by atoms with Gasteiger partial charge in [0, 0.05) is 31.6 Å². The number of hydrogen-bond donors (Lipinski definition) is 2. The van der Waals surface area contributed by atoms with E-state index >= 15 is 0 Å². The molecule has 1 unspecified atom stereocenters. The Balaban J connectivity index is 1.96. The van der Waals surface area contributed by atoms with Crippen LogP contribution in [0.25, 0.3) is 0 Å². The summed E-state index contributed by atoms with van der Waals surface area (Å²) in [7, 11) is 1.76. The maximum Gasteiger partial charge on any atom is 0.0666 e. The molecule has 1 fully saturated rings. The van der Waals surface area contributed by atoms with E-state index in [0.29, 0.717) is 12.6 Å². The van der Waals surface area contributed by atoms with Crippen LogP contribution in [0.5, 0.6) is 0 Å². The molecule has 1 atom stereocenters. The molecule has 0 aliphatic heterocycles. The van der Waals surface area contributed by atoms with Gasteiger partial charge in [0.2, 0.25) is 0 Å². The molecule has 1 aromatic rings. The highest BCUT2D eigenvalue weighted by atomic mass is 16.5. The number of benzene rings is 1. The number of anilines is 2. The highest BCUT2D eigenvalue weighted by Crippen LogP contribution is 2.34. The monoisotopic (exact) mass is 278 g/mol. The topological polar surface area (TPSA) is 44.7 Å². The Hall–Kier alpha value is -1.26. The molecule has 0 aromatic heterocycles. The van der Waals surface area contributed by atoms with Crippen molar-refractivity contribution < 1.29 is 9.84 Å². The first-order valence-corrected chi connectivity index (χ1v) is 7.49. The van der Waals surface area contributed by atoms with Crippen molar-refractivity contribution in [3.63, 3.8) is 0 Å². The number of nitrogens with one attached hydrogen (secondary N) is 1. The van der Waals surface area contributed by atoms with Crippen LogP contribution in [0.15, 0.2) is 24.3 Å². The molecule has 4 nitrogen and oxygen atoms in total. The lowest BCUT2D eigenvalue weighted by molar-refractivity contribution is 0.179. The van der Waals surface area contributed by atoms with Gasteiger partial charge in [-0.25, -0.2) is 0 Å². The first-order chi connectivity index (χ1) is 9.78.